The Balaban J connectivity index is 1.79. The zero-order chi connectivity index (χ0) is 15.2. The minimum Gasteiger partial charge on any atom is -0.388 e. The largest absolute Gasteiger partial charge is 0.388 e. The van der Waals surface area contributed by atoms with Gasteiger partial charge in [0.1, 0.15) is 23.7 Å². The molecule has 2 aliphatic rings. The highest BCUT2D eigenvalue weighted by Crippen LogP contribution is 2.42. The van der Waals surface area contributed by atoms with Crippen LogP contribution in [-0.4, -0.2) is 40.7 Å². The van der Waals surface area contributed by atoms with E-state index in [1.165, 1.54) is 5.56 Å². The van der Waals surface area contributed by atoms with Crippen LogP contribution in [0.25, 0.3) is 0 Å². The molecule has 5 heteroatoms. The van der Waals surface area contributed by atoms with Crippen LogP contribution in [-0.2, 0) is 14.2 Å². The Labute approximate surface area is 129 Å². The summed E-state index contributed by atoms with van der Waals surface area (Å²) in [6.45, 7) is 7.68. The first-order valence-electron chi connectivity index (χ1n) is 7.28. The molecule has 0 aromatic heterocycles. The lowest BCUT2D eigenvalue weighted by atomic mass is 10.0. The van der Waals surface area contributed by atoms with Crippen molar-refractivity contribution in [2.24, 2.45) is 0 Å². The molecule has 2 saturated heterocycles. The van der Waals surface area contributed by atoms with Gasteiger partial charge in [0.25, 0.3) is 0 Å². The summed E-state index contributed by atoms with van der Waals surface area (Å²) >= 11 is 1.62. The Morgan fingerprint density at radius 1 is 1.10 bits per heavy atom. The van der Waals surface area contributed by atoms with Crippen LogP contribution in [0.15, 0.2) is 29.2 Å². The second-order valence-corrected chi connectivity index (χ2v) is 7.37. The van der Waals surface area contributed by atoms with Gasteiger partial charge in [-0.1, -0.05) is 29.5 Å². The summed E-state index contributed by atoms with van der Waals surface area (Å²) in [4.78, 5) is 1.13. The standard InChI is InChI=1S/C16H22O4S/c1-9-5-7-11(8-6-9)21-15-14-13(12(17)10(2)18-15)19-16(3,4)20-14/h5-8,10,12-15,17H,1-4H3/t10-,12-,13+,14+,15+/m0/s1. The maximum absolute atomic E-state index is 10.3. The van der Waals surface area contributed by atoms with Crippen molar-refractivity contribution in [2.75, 3.05) is 0 Å². The molecule has 0 radical (unpaired) electrons. The monoisotopic (exact) mass is 310 g/mol. The molecule has 2 aliphatic heterocycles. The van der Waals surface area contributed by atoms with Crippen molar-refractivity contribution in [2.45, 2.75) is 68.2 Å². The summed E-state index contributed by atoms with van der Waals surface area (Å²) < 4.78 is 17.8. The highest BCUT2D eigenvalue weighted by atomic mass is 32.2. The molecule has 0 unspecified atom stereocenters. The first-order valence-corrected chi connectivity index (χ1v) is 8.16. The van der Waals surface area contributed by atoms with Crippen molar-refractivity contribution in [3.63, 3.8) is 0 Å². The fraction of sp³-hybridized carbons (Fsp3) is 0.625. The molecule has 116 valence electrons. The molecule has 1 aromatic rings. The van der Waals surface area contributed by atoms with Crippen LogP contribution in [0.3, 0.4) is 0 Å². The fourth-order valence-corrected chi connectivity index (χ4v) is 3.91. The summed E-state index contributed by atoms with van der Waals surface area (Å²) in [6, 6.07) is 8.32. The number of hydrogen-bond donors (Lipinski definition) is 1. The predicted molar refractivity (Wildman–Crippen MR) is 81.2 cm³/mol. The van der Waals surface area contributed by atoms with Gasteiger partial charge in [0.2, 0.25) is 0 Å². The SMILES string of the molecule is Cc1ccc(S[C@H]2O[C@@H](C)[C@H](O)[C@H]3OC(C)(C)O[C@H]32)cc1. The number of fused-ring (bicyclic) bond motifs is 1. The van der Waals surface area contributed by atoms with Gasteiger partial charge >= 0.3 is 0 Å². The lowest BCUT2D eigenvalue weighted by molar-refractivity contribution is -0.159. The van der Waals surface area contributed by atoms with Gasteiger partial charge in [-0.2, -0.15) is 0 Å². The molecule has 21 heavy (non-hydrogen) atoms. The molecule has 0 bridgehead atoms. The van der Waals surface area contributed by atoms with Crippen molar-refractivity contribution in [1.82, 2.24) is 0 Å². The molecule has 2 heterocycles. The first kappa shape index (κ1) is 15.3. The number of aliphatic hydroxyl groups excluding tert-OH is 1. The Kier molecular flexibility index (Phi) is 4.05. The summed E-state index contributed by atoms with van der Waals surface area (Å²) in [5.41, 5.74) is 1.05. The van der Waals surface area contributed by atoms with Gasteiger partial charge < -0.3 is 19.3 Å². The van der Waals surface area contributed by atoms with Crippen molar-refractivity contribution in [3.05, 3.63) is 29.8 Å². The van der Waals surface area contributed by atoms with Gasteiger partial charge in [-0.25, -0.2) is 0 Å². The molecule has 0 amide bonds. The van der Waals surface area contributed by atoms with Gasteiger partial charge in [-0.15, -0.1) is 0 Å². The molecular weight excluding hydrogens is 288 g/mol. The molecule has 0 aliphatic carbocycles. The number of hydrogen-bond acceptors (Lipinski definition) is 5. The van der Waals surface area contributed by atoms with Gasteiger partial charge in [-0.3, -0.25) is 0 Å². The topological polar surface area (TPSA) is 47.9 Å². The Hall–Kier alpha value is -0.590. The van der Waals surface area contributed by atoms with E-state index in [0.29, 0.717) is 0 Å². The quantitative estimate of drug-likeness (QED) is 0.910. The molecule has 1 N–H and O–H groups in total. The molecule has 0 spiro atoms. The fourth-order valence-electron chi connectivity index (χ4n) is 2.77. The number of rotatable bonds is 2. The maximum atomic E-state index is 10.3. The molecule has 0 saturated carbocycles. The summed E-state index contributed by atoms with van der Waals surface area (Å²) in [6.07, 6.45) is -1.54. The third-order valence-corrected chi connectivity index (χ3v) is 5.03. The van der Waals surface area contributed by atoms with Gasteiger partial charge in [0.05, 0.1) is 6.10 Å². The van der Waals surface area contributed by atoms with Crippen LogP contribution < -0.4 is 0 Å². The molecule has 1 aromatic carbocycles. The lowest BCUT2D eigenvalue weighted by Gasteiger charge is -2.38. The van der Waals surface area contributed by atoms with E-state index in [-0.39, 0.29) is 23.7 Å². The third kappa shape index (κ3) is 3.12. The van der Waals surface area contributed by atoms with Crippen LogP contribution in [0.1, 0.15) is 26.3 Å². The van der Waals surface area contributed by atoms with E-state index in [4.69, 9.17) is 14.2 Å². The van der Waals surface area contributed by atoms with Crippen LogP contribution >= 0.6 is 11.8 Å². The molecule has 3 rings (SSSR count). The summed E-state index contributed by atoms with van der Waals surface area (Å²) in [7, 11) is 0. The normalized spacial score (nSPS) is 38.2. The molecule has 5 atom stereocenters. The number of thioether (sulfide) groups is 1. The smallest absolute Gasteiger partial charge is 0.164 e. The second-order valence-electron chi connectivity index (χ2n) is 6.20. The highest BCUT2D eigenvalue weighted by molar-refractivity contribution is 7.99. The summed E-state index contributed by atoms with van der Waals surface area (Å²) in [5, 5.41) is 10.3. The van der Waals surface area contributed by atoms with Gasteiger partial charge in [-0.05, 0) is 39.8 Å². The minimum atomic E-state index is -0.685. The Morgan fingerprint density at radius 2 is 1.71 bits per heavy atom. The number of aliphatic hydroxyl groups is 1. The zero-order valence-electron chi connectivity index (χ0n) is 12.8. The van der Waals surface area contributed by atoms with E-state index < -0.39 is 11.9 Å². The maximum Gasteiger partial charge on any atom is 0.164 e. The average Bonchev–Trinajstić information content (AvgIpc) is 2.75. The van der Waals surface area contributed by atoms with Crippen LogP contribution in [0, 0.1) is 6.92 Å². The van der Waals surface area contributed by atoms with Crippen molar-refractivity contribution >= 4 is 11.8 Å². The molecule has 2 fully saturated rings. The number of aryl methyl sites for hydroxylation is 1. The van der Waals surface area contributed by atoms with E-state index in [9.17, 15) is 5.11 Å². The molecule has 4 nitrogen and oxygen atoms in total. The predicted octanol–water partition coefficient (Wildman–Crippen LogP) is 2.71. The number of benzene rings is 1. The van der Waals surface area contributed by atoms with Gasteiger partial charge in [0.15, 0.2) is 5.79 Å². The van der Waals surface area contributed by atoms with E-state index in [1.807, 2.05) is 20.8 Å². The van der Waals surface area contributed by atoms with Gasteiger partial charge in [0, 0.05) is 4.90 Å². The Bertz CT molecular complexity index is 502. The number of ether oxygens (including phenoxy) is 3. The van der Waals surface area contributed by atoms with Crippen LogP contribution in [0.4, 0.5) is 0 Å². The van der Waals surface area contributed by atoms with Crippen molar-refractivity contribution in [3.8, 4) is 0 Å². The Morgan fingerprint density at radius 3 is 2.38 bits per heavy atom. The van der Waals surface area contributed by atoms with E-state index >= 15 is 0 Å². The minimum absolute atomic E-state index is 0.183. The van der Waals surface area contributed by atoms with E-state index in [0.717, 1.165) is 4.90 Å². The van der Waals surface area contributed by atoms with Crippen LogP contribution in [0.2, 0.25) is 0 Å². The van der Waals surface area contributed by atoms with Crippen molar-refractivity contribution in [1.29, 1.82) is 0 Å². The lowest BCUT2D eigenvalue weighted by Crippen LogP contribution is -2.54. The third-order valence-electron chi connectivity index (χ3n) is 3.87. The summed E-state index contributed by atoms with van der Waals surface area (Å²) in [5.74, 6) is -0.685. The zero-order valence-corrected chi connectivity index (χ0v) is 13.6. The van der Waals surface area contributed by atoms with Crippen LogP contribution in [0.5, 0.6) is 0 Å². The second kappa shape index (κ2) is 5.56. The average molecular weight is 310 g/mol. The van der Waals surface area contributed by atoms with Crippen molar-refractivity contribution < 1.29 is 19.3 Å². The molecular formula is C16H22O4S. The first-order chi connectivity index (χ1) is 9.85. The highest BCUT2D eigenvalue weighted by Gasteiger charge is 2.54. The van der Waals surface area contributed by atoms with E-state index in [2.05, 4.69) is 31.2 Å². The van der Waals surface area contributed by atoms with E-state index in [1.54, 1.807) is 11.8 Å².